The molecule has 2 aliphatic heterocycles. The molecule has 4 heterocycles. The molecule has 0 bridgehead atoms. The SMILES string of the molecule is N[C@H]1CN(c2ncnc3c2ncn3C2CC2)C[C@@H]1N1CCCCC1=O. The summed E-state index contributed by atoms with van der Waals surface area (Å²) in [5.74, 6) is 1.08. The number of piperidine rings is 1. The second kappa shape index (κ2) is 5.66. The number of imidazole rings is 1. The first-order chi connectivity index (χ1) is 12.2. The predicted octanol–water partition coefficient (Wildman–Crippen LogP) is 0.690. The van der Waals surface area contributed by atoms with Crippen molar-refractivity contribution < 1.29 is 4.79 Å². The molecule has 0 unspecified atom stereocenters. The minimum absolute atomic E-state index is 0.0578. The molecule has 2 atom stereocenters. The zero-order valence-corrected chi connectivity index (χ0v) is 14.2. The standard InChI is InChI=1S/C17H23N7O/c18-12-7-22(8-13(12)23-6-2-1-3-14(23)25)16-15-17(20-9-19-16)24(10-21-15)11-4-5-11/h9-13H,1-8,18H2/t12-,13-/m0/s1. The van der Waals surface area contributed by atoms with Crippen LogP contribution in [0.25, 0.3) is 11.2 Å². The first-order valence-corrected chi connectivity index (χ1v) is 9.20. The monoisotopic (exact) mass is 341 g/mol. The molecule has 8 heteroatoms. The molecule has 3 aliphatic rings. The van der Waals surface area contributed by atoms with E-state index in [4.69, 9.17) is 5.73 Å². The zero-order chi connectivity index (χ0) is 17.0. The molecule has 0 spiro atoms. The van der Waals surface area contributed by atoms with Crippen LogP contribution in [0, 0.1) is 0 Å². The minimum atomic E-state index is -0.0578. The summed E-state index contributed by atoms with van der Waals surface area (Å²) in [6.45, 7) is 2.23. The van der Waals surface area contributed by atoms with Crippen LogP contribution in [0.5, 0.6) is 0 Å². The van der Waals surface area contributed by atoms with Gasteiger partial charge >= 0.3 is 0 Å². The molecule has 1 amide bonds. The number of aromatic nitrogens is 4. The maximum Gasteiger partial charge on any atom is 0.222 e. The van der Waals surface area contributed by atoms with Gasteiger partial charge in [-0.25, -0.2) is 15.0 Å². The van der Waals surface area contributed by atoms with Crippen LogP contribution in [-0.4, -0.2) is 62.0 Å². The Morgan fingerprint density at radius 3 is 2.80 bits per heavy atom. The van der Waals surface area contributed by atoms with Crippen molar-refractivity contribution in [1.29, 1.82) is 0 Å². The van der Waals surface area contributed by atoms with Crippen LogP contribution in [0.3, 0.4) is 0 Å². The average Bonchev–Trinajstić information content (AvgIpc) is 3.25. The van der Waals surface area contributed by atoms with Crippen LogP contribution in [0.2, 0.25) is 0 Å². The molecule has 0 radical (unpaired) electrons. The highest BCUT2D eigenvalue weighted by Gasteiger charge is 2.39. The molecule has 2 aromatic heterocycles. The van der Waals surface area contributed by atoms with Crippen LogP contribution in [0.4, 0.5) is 5.82 Å². The number of nitrogens with zero attached hydrogens (tertiary/aromatic N) is 6. The molecule has 2 N–H and O–H groups in total. The Labute approximate surface area is 146 Å². The lowest BCUT2D eigenvalue weighted by molar-refractivity contribution is -0.135. The van der Waals surface area contributed by atoms with Gasteiger partial charge in [0.1, 0.15) is 6.33 Å². The number of hydrogen-bond donors (Lipinski definition) is 1. The Bertz CT molecular complexity index is 814. The van der Waals surface area contributed by atoms with Gasteiger partial charge in [-0.2, -0.15) is 0 Å². The summed E-state index contributed by atoms with van der Waals surface area (Å²) in [4.78, 5) is 29.9. The van der Waals surface area contributed by atoms with E-state index in [2.05, 4.69) is 24.4 Å². The molecule has 1 aliphatic carbocycles. The molecule has 3 fully saturated rings. The van der Waals surface area contributed by atoms with Crippen LogP contribution >= 0.6 is 0 Å². The van der Waals surface area contributed by atoms with Gasteiger partial charge in [0.25, 0.3) is 0 Å². The lowest BCUT2D eigenvalue weighted by Gasteiger charge is -2.34. The summed E-state index contributed by atoms with van der Waals surface area (Å²) in [6, 6.07) is 0.535. The Morgan fingerprint density at radius 1 is 1.12 bits per heavy atom. The Hall–Kier alpha value is -2.22. The van der Waals surface area contributed by atoms with Gasteiger partial charge in [0.15, 0.2) is 17.0 Å². The lowest BCUT2D eigenvalue weighted by atomic mass is 10.1. The zero-order valence-electron chi connectivity index (χ0n) is 14.2. The summed E-state index contributed by atoms with van der Waals surface area (Å²) in [7, 11) is 0. The number of nitrogens with two attached hydrogens (primary N) is 1. The van der Waals surface area contributed by atoms with Crippen molar-refractivity contribution in [3.8, 4) is 0 Å². The highest BCUT2D eigenvalue weighted by atomic mass is 16.2. The van der Waals surface area contributed by atoms with E-state index in [9.17, 15) is 4.79 Å². The average molecular weight is 341 g/mol. The Morgan fingerprint density at radius 2 is 2.00 bits per heavy atom. The Balaban J connectivity index is 1.44. The van der Waals surface area contributed by atoms with Crippen LogP contribution in [0.15, 0.2) is 12.7 Å². The van der Waals surface area contributed by atoms with E-state index in [-0.39, 0.29) is 18.0 Å². The van der Waals surface area contributed by atoms with Crippen molar-refractivity contribution in [2.75, 3.05) is 24.5 Å². The van der Waals surface area contributed by atoms with Gasteiger partial charge in [-0.3, -0.25) is 4.79 Å². The maximum absolute atomic E-state index is 12.3. The third kappa shape index (κ3) is 2.47. The van der Waals surface area contributed by atoms with Gasteiger partial charge in [-0.05, 0) is 25.7 Å². The van der Waals surface area contributed by atoms with Crippen LogP contribution < -0.4 is 10.6 Å². The predicted molar refractivity (Wildman–Crippen MR) is 93.1 cm³/mol. The third-order valence-electron chi connectivity index (χ3n) is 5.67. The van der Waals surface area contributed by atoms with Gasteiger partial charge in [0, 0.05) is 38.1 Å². The van der Waals surface area contributed by atoms with Gasteiger partial charge in [0.05, 0.1) is 12.4 Å². The first kappa shape index (κ1) is 15.1. The van der Waals surface area contributed by atoms with E-state index in [0.29, 0.717) is 19.0 Å². The molecule has 25 heavy (non-hydrogen) atoms. The quantitative estimate of drug-likeness (QED) is 0.883. The molecule has 2 aromatic rings. The number of hydrogen-bond acceptors (Lipinski definition) is 6. The van der Waals surface area contributed by atoms with Crippen molar-refractivity contribution in [2.24, 2.45) is 5.73 Å². The summed E-state index contributed by atoms with van der Waals surface area (Å²) >= 11 is 0. The number of anilines is 1. The summed E-state index contributed by atoms with van der Waals surface area (Å²) in [6.07, 6.45) is 8.58. The number of likely N-dealkylation sites (tertiary alicyclic amines) is 1. The van der Waals surface area contributed by atoms with E-state index < -0.39 is 0 Å². The fourth-order valence-corrected chi connectivity index (χ4v) is 4.18. The van der Waals surface area contributed by atoms with Gasteiger partial charge < -0.3 is 20.1 Å². The second-order valence-electron chi connectivity index (χ2n) is 7.43. The van der Waals surface area contributed by atoms with Gasteiger partial charge in [-0.15, -0.1) is 0 Å². The highest BCUT2D eigenvalue weighted by molar-refractivity contribution is 5.84. The van der Waals surface area contributed by atoms with E-state index in [1.807, 2.05) is 11.2 Å². The van der Waals surface area contributed by atoms with Crippen molar-refractivity contribution in [3.63, 3.8) is 0 Å². The van der Waals surface area contributed by atoms with E-state index in [1.165, 1.54) is 12.8 Å². The highest BCUT2D eigenvalue weighted by Crippen LogP contribution is 2.38. The van der Waals surface area contributed by atoms with Crippen molar-refractivity contribution in [2.45, 2.75) is 50.2 Å². The fraction of sp³-hybridized carbons (Fsp3) is 0.647. The molecule has 2 saturated heterocycles. The molecule has 0 aromatic carbocycles. The molecule has 1 saturated carbocycles. The Kier molecular flexibility index (Phi) is 3.41. The van der Waals surface area contributed by atoms with Gasteiger partial charge in [-0.1, -0.05) is 0 Å². The fourth-order valence-electron chi connectivity index (χ4n) is 4.18. The normalized spacial score (nSPS) is 27.5. The number of fused-ring (bicyclic) bond motifs is 1. The third-order valence-corrected chi connectivity index (χ3v) is 5.67. The topological polar surface area (TPSA) is 93.2 Å². The summed E-state index contributed by atoms with van der Waals surface area (Å²) in [5, 5.41) is 0. The van der Waals surface area contributed by atoms with Crippen LogP contribution in [-0.2, 0) is 4.79 Å². The number of amides is 1. The van der Waals surface area contributed by atoms with E-state index in [1.54, 1.807) is 6.33 Å². The molecule has 132 valence electrons. The van der Waals surface area contributed by atoms with Crippen molar-refractivity contribution in [3.05, 3.63) is 12.7 Å². The largest absolute Gasteiger partial charge is 0.351 e. The van der Waals surface area contributed by atoms with Gasteiger partial charge in [0.2, 0.25) is 5.91 Å². The van der Waals surface area contributed by atoms with E-state index in [0.717, 1.165) is 42.9 Å². The van der Waals surface area contributed by atoms with Crippen molar-refractivity contribution >= 4 is 22.9 Å². The second-order valence-corrected chi connectivity index (χ2v) is 7.43. The first-order valence-electron chi connectivity index (χ1n) is 9.20. The smallest absolute Gasteiger partial charge is 0.222 e. The molecule has 5 rings (SSSR count). The number of rotatable bonds is 3. The number of carbonyl (C=O) groups excluding carboxylic acids is 1. The van der Waals surface area contributed by atoms with E-state index >= 15 is 0 Å². The maximum atomic E-state index is 12.3. The molecule has 8 nitrogen and oxygen atoms in total. The molecular weight excluding hydrogens is 318 g/mol. The van der Waals surface area contributed by atoms with Crippen LogP contribution in [0.1, 0.15) is 38.1 Å². The summed E-state index contributed by atoms with van der Waals surface area (Å²) < 4.78 is 2.15. The van der Waals surface area contributed by atoms with Crippen molar-refractivity contribution in [1.82, 2.24) is 24.4 Å². The summed E-state index contributed by atoms with van der Waals surface area (Å²) in [5.41, 5.74) is 8.14. The molecular formula is C17H23N7O. The minimum Gasteiger partial charge on any atom is -0.351 e. The lowest BCUT2D eigenvalue weighted by Crippen LogP contribution is -2.51. The number of carbonyl (C=O) groups is 1.